The first kappa shape index (κ1) is 28.0. The second-order valence-corrected chi connectivity index (χ2v) is 12.3. The van der Waals surface area contributed by atoms with Gasteiger partial charge in [-0.25, -0.2) is 4.98 Å². The highest BCUT2D eigenvalue weighted by molar-refractivity contribution is 5.97. The van der Waals surface area contributed by atoms with Gasteiger partial charge in [0.15, 0.2) is 5.82 Å². The first-order chi connectivity index (χ1) is 19.9. The standard InChI is InChI=1S/C31H46N8O2/c1-22-19-29(40)36(3)27-21-32-31(34-30(27)39(22)24-7-5-6-8-24)33-26-10-9-25(20-28(26)41-4)37-13-11-23(12-14-37)38-17-15-35(2)16-18-38/h9-10,20-24H,5-8,11-19H2,1-4H3,(H,32,33,34). The third-order valence-corrected chi connectivity index (χ3v) is 9.71. The molecule has 10 nitrogen and oxygen atoms in total. The van der Waals surface area contributed by atoms with E-state index in [1.165, 1.54) is 57.5 Å². The van der Waals surface area contributed by atoms with Crippen LogP contribution in [0, 0.1) is 0 Å². The maximum Gasteiger partial charge on any atom is 0.229 e. The van der Waals surface area contributed by atoms with Crippen LogP contribution in [0.5, 0.6) is 5.75 Å². The third kappa shape index (κ3) is 5.81. The number of hydrogen-bond donors (Lipinski definition) is 1. The molecule has 1 atom stereocenters. The van der Waals surface area contributed by atoms with Crippen molar-refractivity contribution in [3.05, 3.63) is 24.4 Å². The average molecular weight is 563 g/mol. The van der Waals surface area contributed by atoms with E-state index in [0.29, 0.717) is 24.5 Å². The summed E-state index contributed by atoms with van der Waals surface area (Å²) in [5.41, 5.74) is 2.80. The van der Waals surface area contributed by atoms with Gasteiger partial charge in [0.25, 0.3) is 0 Å². The first-order valence-electron chi connectivity index (χ1n) is 15.5. The van der Waals surface area contributed by atoms with Gasteiger partial charge in [0.2, 0.25) is 11.9 Å². The van der Waals surface area contributed by atoms with Crippen LogP contribution in [-0.4, -0.2) is 104 Å². The van der Waals surface area contributed by atoms with Crippen molar-refractivity contribution in [2.75, 3.05) is 80.5 Å². The van der Waals surface area contributed by atoms with Gasteiger partial charge in [-0.05, 0) is 51.8 Å². The molecule has 0 spiro atoms. The van der Waals surface area contributed by atoms with Gasteiger partial charge < -0.3 is 29.7 Å². The lowest BCUT2D eigenvalue weighted by molar-refractivity contribution is -0.118. The number of nitrogens with one attached hydrogen (secondary N) is 1. The van der Waals surface area contributed by atoms with E-state index in [-0.39, 0.29) is 11.9 Å². The van der Waals surface area contributed by atoms with Gasteiger partial charge >= 0.3 is 0 Å². The van der Waals surface area contributed by atoms with Crippen molar-refractivity contribution in [2.24, 2.45) is 0 Å². The van der Waals surface area contributed by atoms with E-state index in [1.807, 2.05) is 7.05 Å². The van der Waals surface area contributed by atoms with Crippen LogP contribution >= 0.6 is 0 Å². The summed E-state index contributed by atoms with van der Waals surface area (Å²) < 4.78 is 5.84. The Morgan fingerprint density at radius 3 is 2.39 bits per heavy atom. The van der Waals surface area contributed by atoms with Gasteiger partial charge in [-0.15, -0.1) is 0 Å². The Bertz CT molecular complexity index is 1220. The highest BCUT2D eigenvalue weighted by Crippen LogP contribution is 2.39. The lowest BCUT2D eigenvalue weighted by Gasteiger charge is -2.42. The molecule has 1 aliphatic carbocycles. The Morgan fingerprint density at radius 1 is 0.951 bits per heavy atom. The van der Waals surface area contributed by atoms with E-state index in [0.717, 1.165) is 48.9 Å². The smallest absolute Gasteiger partial charge is 0.229 e. The summed E-state index contributed by atoms with van der Waals surface area (Å²) in [5, 5.41) is 3.42. The van der Waals surface area contributed by atoms with Crippen LogP contribution in [0.15, 0.2) is 24.4 Å². The summed E-state index contributed by atoms with van der Waals surface area (Å²) in [7, 11) is 5.77. The molecule has 0 bridgehead atoms. The molecule has 6 rings (SSSR count). The molecule has 1 amide bonds. The molecule has 1 aromatic heterocycles. The Kier molecular flexibility index (Phi) is 8.21. The maximum atomic E-state index is 12.9. The predicted octanol–water partition coefficient (Wildman–Crippen LogP) is 3.95. The number of hydrogen-bond acceptors (Lipinski definition) is 9. The minimum Gasteiger partial charge on any atom is -0.494 e. The number of carbonyl (C=O) groups excluding carboxylic acids is 1. The number of fused-ring (bicyclic) bond motifs is 1. The molecule has 4 aliphatic rings. The highest BCUT2D eigenvalue weighted by atomic mass is 16.5. The molecule has 4 heterocycles. The van der Waals surface area contributed by atoms with Crippen molar-refractivity contribution in [1.82, 2.24) is 19.8 Å². The van der Waals surface area contributed by atoms with Crippen LogP contribution in [0.3, 0.4) is 0 Å². The molecule has 222 valence electrons. The predicted molar refractivity (Wildman–Crippen MR) is 165 cm³/mol. The van der Waals surface area contributed by atoms with Gasteiger partial charge in [-0.2, -0.15) is 4.98 Å². The number of benzene rings is 1. The van der Waals surface area contributed by atoms with Crippen molar-refractivity contribution < 1.29 is 9.53 Å². The van der Waals surface area contributed by atoms with Crippen LogP contribution in [0.1, 0.15) is 51.9 Å². The van der Waals surface area contributed by atoms with Crippen LogP contribution in [0.4, 0.5) is 28.8 Å². The number of anilines is 5. The fraction of sp³-hybridized carbons (Fsp3) is 0.645. The van der Waals surface area contributed by atoms with Crippen molar-refractivity contribution in [3.8, 4) is 5.75 Å². The quantitative estimate of drug-likeness (QED) is 0.563. The number of amides is 1. The molecule has 1 N–H and O–H groups in total. The Hall–Kier alpha value is -3.11. The lowest BCUT2D eigenvalue weighted by atomic mass is 10.0. The summed E-state index contributed by atoms with van der Waals surface area (Å²) in [4.78, 5) is 34.2. The number of piperazine rings is 1. The van der Waals surface area contributed by atoms with Crippen molar-refractivity contribution in [1.29, 1.82) is 0 Å². The molecule has 1 saturated carbocycles. The molecule has 2 saturated heterocycles. The summed E-state index contributed by atoms with van der Waals surface area (Å²) in [6.07, 6.45) is 9.37. The third-order valence-electron chi connectivity index (χ3n) is 9.71. The number of rotatable bonds is 6. The van der Waals surface area contributed by atoms with Crippen LogP contribution in [0.25, 0.3) is 0 Å². The number of piperidine rings is 1. The number of carbonyl (C=O) groups is 1. The number of likely N-dealkylation sites (N-methyl/N-ethyl adjacent to an activating group) is 1. The Balaban J connectivity index is 1.18. The van der Waals surface area contributed by atoms with E-state index >= 15 is 0 Å². The summed E-state index contributed by atoms with van der Waals surface area (Å²) in [5.74, 6) is 2.23. The molecule has 0 radical (unpaired) electrons. The second kappa shape index (κ2) is 12.0. The zero-order valence-corrected chi connectivity index (χ0v) is 25.2. The minimum atomic E-state index is 0.0891. The van der Waals surface area contributed by atoms with Crippen LogP contribution < -0.4 is 24.8 Å². The normalized spacial score (nSPS) is 23.6. The van der Waals surface area contributed by atoms with Crippen molar-refractivity contribution in [3.63, 3.8) is 0 Å². The van der Waals surface area contributed by atoms with Gasteiger partial charge in [0, 0.05) is 82.6 Å². The van der Waals surface area contributed by atoms with E-state index in [9.17, 15) is 4.79 Å². The number of ether oxygens (including phenoxy) is 1. The topological polar surface area (TPSA) is 80.3 Å². The fourth-order valence-corrected chi connectivity index (χ4v) is 7.18. The summed E-state index contributed by atoms with van der Waals surface area (Å²) in [6.45, 7) is 8.97. The zero-order chi connectivity index (χ0) is 28.5. The maximum absolute atomic E-state index is 12.9. The molecule has 2 aromatic rings. The number of methoxy groups -OCH3 is 1. The van der Waals surface area contributed by atoms with Gasteiger partial charge in [-0.3, -0.25) is 9.69 Å². The van der Waals surface area contributed by atoms with E-state index in [4.69, 9.17) is 9.72 Å². The molecule has 1 unspecified atom stereocenters. The molecule has 41 heavy (non-hydrogen) atoms. The average Bonchev–Trinajstić information content (AvgIpc) is 3.49. The van der Waals surface area contributed by atoms with E-state index < -0.39 is 0 Å². The number of nitrogens with zero attached hydrogens (tertiary/aromatic N) is 7. The van der Waals surface area contributed by atoms with Crippen molar-refractivity contribution in [2.45, 2.75) is 70.0 Å². The minimum absolute atomic E-state index is 0.0891. The van der Waals surface area contributed by atoms with Crippen LogP contribution in [-0.2, 0) is 4.79 Å². The molecule has 1 aromatic carbocycles. The lowest BCUT2D eigenvalue weighted by Crippen LogP contribution is -2.52. The van der Waals surface area contributed by atoms with E-state index in [2.05, 4.69) is 62.1 Å². The second-order valence-electron chi connectivity index (χ2n) is 12.3. The summed E-state index contributed by atoms with van der Waals surface area (Å²) in [6, 6.07) is 7.55. The number of aromatic nitrogens is 2. The van der Waals surface area contributed by atoms with Gasteiger partial charge in [0.05, 0.1) is 19.0 Å². The largest absolute Gasteiger partial charge is 0.494 e. The molecular weight excluding hydrogens is 516 g/mol. The Labute approximate surface area is 244 Å². The monoisotopic (exact) mass is 562 g/mol. The zero-order valence-electron chi connectivity index (χ0n) is 25.2. The SMILES string of the molecule is COc1cc(N2CCC(N3CCN(C)CC3)CC2)ccc1Nc1ncc2c(n1)N(C1CCCC1)C(C)CC(=O)N2C. The fourth-order valence-electron chi connectivity index (χ4n) is 7.18. The first-order valence-corrected chi connectivity index (χ1v) is 15.5. The van der Waals surface area contributed by atoms with Crippen molar-refractivity contribution >= 4 is 34.7 Å². The summed E-state index contributed by atoms with van der Waals surface area (Å²) >= 11 is 0. The molecule has 10 heteroatoms. The molecule has 3 fully saturated rings. The Morgan fingerprint density at radius 2 is 1.68 bits per heavy atom. The van der Waals surface area contributed by atoms with Gasteiger partial charge in [-0.1, -0.05) is 12.8 Å². The van der Waals surface area contributed by atoms with E-state index in [1.54, 1.807) is 18.2 Å². The van der Waals surface area contributed by atoms with Crippen LogP contribution in [0.2, 0.25) is 0 Å². The van der Waals surface area contributed by atoms with Gasteiger partial charge in [0.1, 0.15) is 11.4 Å². The highest BCUT2D eigenvalue weighted by Gasteiger charge is 2.36. The molecule has 3 aliphatic heterocycles. The molecular formula is C31H46N8O2.